The number of benzene rings is 1. The second-order valence-corrected chi connectivity index (χ2v) is 5.10. The zero-order valence-electron chi connectivity index (χ0n) is 12.7. The maximum absolute atomic E-state index is 5.19. The van der Waals surface area contributed by atoms with Gasteiger partial charge in [-0.3, -0.25) is 5.10 Å². The Balaban J connectivity index is 1.67. The van der Waals surface area contributed by atoms with E-state index in [1.807, 2.05) is 48.3 Å². The van der Waals surface area contributed by atoms with Gasteiger partial charge in [-0.05, 0) is 24.3 Å². The van der Waals surface area contributed by atoms with E-state index in [2.05, 4.69) is 20.5 Å². The van der Waals surface area contributed by atoms with E-state index in [-0.39, 0.29) is 0 Å². The van der Waals surface area contributed by atoms with Crippen LogP contribution in [0.15, 0.2) is 43.0 Å². The molecule has 1 aromatic carbocycles. The first kappa shape index (κ1) is 14.3. The van der Waals surface area contributed by atoms with E-state index in [0.717, 1.165) is 41.4 Å². The first-order valence-corrected chi connectivity index (χ1v) is 7.10. The van der Waals surface area contributed by atoms with Gasteiger partial charge in [0.1, 0.15) is 5.75 Å². The monoisotopic (exact) mass is 297 g/mol. The molecule has 0 unspecified atom stereocenters. The summed E-state index contributed by atoms with van der Waals surface area (Å²) in [7, 11) is 3.66. The van der Waals surface area contributed by atoms with Crippen molar-refractivity contribution < 1.29 is 4.74 Å². The highest BCUT2D eigenvalue weighted by atomic mass is 16.5. The van der Waals surface area contributed by atoms with Crippen LogP contribution in [0.3, 0.4) is 0 Å². The van der Waals surface area contributed by atoms with Gasteiger partial charge in [-0.1, -0.05) is 0 Å². The molecule has 0 radical (unpaired) electrons. The summed E-state index contributed by atoms with van der Waals surface area (Å²) in [4.78, 5) is 4.11. The normalized spacial score (nSPS) is 10.8. The van der Waals surface area contributed by atoms with Gasteiger partial charge in [0.2, 0.25) is 0 Å². The minimum absolute atomic E-state index is 0.739. The number of H-pyrrole nitrogens is 1. The summed E-state index contributed by atoms with van der Waals surface area (Å²) in [5.41, 5.74) is 4.40. The quantitative estimate of drug-likeness (QED) is 0.731. The molecule has 2 N–H and O–H groups in total. The lowest BCUT2D eigenvalue weighted by molar-refractivity contribution is 0.415. The molecule has 6 nitrogen and oxygen atoms in total. The number of nitrogens with one attached hydrogen (secondary N) is 2. The van der Waals surface area contributed by atoms with Crippen molar-refractivity contribution in [1.29, 1.82) is 0 Å². The first-order valence-electron chi connectivity index (χ1n) is 7.10. The van der Waals surface area contributed by atoms with Crippen molar-refractivity contribution >= 4 is 0 Å². The summed E-state index contributed by atoms with van der Waals surface area (Å²) in [6.45, 7) is 1.51. The molecule has 0 saturated carbocycles. The summed E-state index contributed by atoms with van der Waals surface area (Å²) in [5.74, 6) is 0.846. The molecule has 0 aliphatic heterocycles. The van der Waals surface area contributed by atoms with E-state index in [4.69, 9.17) is 4.74 Å². The Kier molecular flexibility index (Phi) is 4.20. The van der Waals surface area contributed by atoms with Crippen LogP contribution in [0.25, 0.3) is 11.3 Å². The lowest BCUT2D eigenvalue weighted by atomic mass is 10.1. The molecule has 0 saturated heterocycles. The van der Waals surface area contributed by atoms with Gasteiger partial charge < -0.3 is 14.6 Å². The molecule has 0 aliphatic rings. The highest BCUT2D eigenvalue weighted by Gasteiger charge is 2.08. The standard InChI is InChI=1S/C16H19N5O/c1-21-11-18-10-14(21)9-17-7-13-8-19-20-16(13)12-3-5-15(22-2)6-4-12/h3-6,8,10-11,17H,7,9H2,1-2H3,(H,19,20). The van der Waals surface area contributed by atoms with Gasteiger partial charge in [0, 0.05) is 37.5 Å². The predicted molar refractivity (Wildman–Crippen MR) is 84.3 cm³/mol. The van der Waals surface area contributed by atoms with Gasteiger partial charge in [-0.2, -0.15) is 5.10 Å². The third-order valence-electron chi connectivity index (χ3n) is 3.63. The first-order chi connectivity index (χ1) is 10.8. The molecule has 0 bridgehead atoms. The van der Waals surface area contributed by atoms with Crippen molar-refractivity contribution in [2.75, 3.05) is 7.11 Å². The number of nitrogens with zero attached hydrogens (tertiary/aromatic N) is 3. The zero-order chi connectivity index (χ0) is 15.4. The van der Waals surface area contributed by atoms with Crippen LogP contribution in [0.2, 0.25) is 0 Å². The Hall–Kier alpha value is -2.60. The number of aromatic amines is 1. The molecule has 2 aromatic heterocycles. The molecule has 0 amide bonds. The number of hydrogen-bond donors (Lipinski definition) is 2. The lowest BCUT2D eigenvalue weighted by Crippen LogP contribution is -2.14. The van der Waals surface area contributed by atoms with Crippen molar-refractivity contribution in [1.82, 2.24) is 25.1 Å². The van der Waals surface area contributed by atoms with E-state index in [1.165, 1.54) is 0 Å². The van der Waals surface area contributed by atoms with Crippen molar-refractivity contribution in [3.05, 3.63) is 54.2 Å². The topological polar surface area (TPSA) is 67.8 Å². The van der Waals surface area contributed by atoms with Crippen molar-refractivity contribution in [2.24, 2.45) is 7.05 Å². The Morgan fingerprint density at radius 3 is 2.68 bits per heavy atom. The molecule has 22 heavy (non-hydrogen) atoms. The van der Waals surface area contributed by atoms with Crippen LogP contribution < -0.4 is 10.1 Å². The van der Waals surface area contributed by atoms with E-state index in [1.54, 1.807) is 13.4 Å². The zero-order valence-corrected chi connectivity index (χ0v) is 12.7. The summed E-state index contributed by atoms with van der Waals surface area (Å²) < 4.78 is 7.19. The van der Waals surface area contributed by atoms with Crippen LogP contribution in [0.5, 0.6) is 5.75 Å². The van der Waals surface area contributed by atoms with Crippen LogP contribution in [-0.4, -0.2) is 26.9 Å². The molecule has 0 fully saturated rings. The molecule has 0 spiro atoms. The van der Waals surface area contributed by atoms with Gasteiger partial charge >= 0.3 is 0 Å². The summed E-state index contributed by atoms with van der Waals surface area (Å²) in [5, 5.41) is 10.6. The highest BCUT2D eigenvalue weighted by molar-refractivity contribution is 5.63. The molecule has 3 aromatic rings. The fraction of sp³-hybridized carbons (Fsp3) is 0.250. The minimum atomic E-state index is 0.739. The van der Waals surface area contributed by atoms with E-state index < -0.39 is 0 Å². The Morgan fingerprint density at radius 1 is 1.18 bits per heavy atom. The molecule has 0 atom stereocenters. The largest absolute Gasteiger partial charge is 0.497 e. The number of rotatable bonds is 6. The minimum Gasteiger partial charge on any atom is -0.497 e. The molecule has 114 valence electrons. The average Bonchev–Trinajstić information content (AvgIpc) is 3.17. The molecular formula is C16H19N5O. The number of ether oxygens (including phenoxy) is 1. The van der Waals surface area contributed by atoms with Gasteiger partial charge in [-0.15, -0.1) is 0 Å². The number of hydrogen-bond acceptors (Lipinski definition) is 4. The van der Waals surface area contributed by atoms with Gasteiger partial charge in [0.05, 0.1) is 31.0 Å². The SMILES string of the molecule is COc1ccc(-c2[nH]ncc2CNCc2cncn2C)cc1. The smallest absolute Gasteiger partial charge is 0.118 e. The van der Waals surface area contributed by atoms with E-state index in [9.17, 15) is 0 Å². The van der Waals surface area contributed by atoms with E-state index >= 15 is 0 Å². The Morgan fingerprint density at radius 2 is 2.00 bits per heavy atom. The van der Waals surface area contributed by atoms with Gasteiger partial charge in [-0.25, -0.2) is 4.98 Å². The molecule has 6 heteroatoms. The number of aromatic nitrogens is 4. The fourth-order valence-electron chi connectivity index (χ4n) is 2.33. The molecular weight excluding hydrogens is 278 g/mol. The molecule has 0 aliphatic carbocycles. The van der Waals surface area contributed by atoms with Gasteiger partial charge in [0.15, 0.2) is 0 Å². The number of aryl methyl sites for hydroxylation is 1. The number of imidazole rings is 1. The summed E-state index contributed by atoms with van der Waals surface area (Å²) >= 11 is 0. The highest BCUT2D eigenvalue weighted by Crippen LogP contribution is 2.23. The number of methoxy groups -OCH3 is 1. The van der Waals surface area contributed by atoms with Crippen molar-refractivity contribution in [2.45, 2.75) is 13.1 Å². The Bertz CT molecular complexity index is 729. The molecule has 3 rings (SSSR count). The van der Waals surface area contributed by atoms with E-state index in [0.29, 0.717) is 0 Å². The third-order valence-corrected chi connectivity index (χ3v) is 3.63. The van der Waals surface area contributed by atoms with Crippen LogP contribution >= 0.6 is 0 Å². The van der Waals surface area contributed by atoms with Crippen molar-refractivity contribution in [3.63, 3.8) is 0 Å². The Labute approximate surface area is 129 Å². The van der Waals surface area contributed by atoms with Crippen molar-refractivity contribution in [3.8, 4) is 17.0 Å². The van der Waals surface area contributed by atoms with Crippen LogP contribution in [0.1, 0.15) is 11.3 Å². The van der Waals surface area contributed by atoms with Crippen LogP contribution in [0, 0.1) is 0 Å². The predicted octanol–water partition coefficient (Wildman–Crippen LogP) is 2.11. The lowest BCUT2D eigenvalue weighted by Gasteiger charge is -2.07. The second-order valence-electron chi connectivity index (χ2n) is 5.10. The summed E-state index contributed by atoms with van der Waals surface area (Å²) in [6, 6.07) is 7.94. The maximum atomic E-state index is 5.19. The van der Waals surface area contributed by atoms with Crippen LogP contribution in [0.4, 0.5) is 0 Å². The van der Waals surface area contributed by atoms with Gasteiger partial charge in [0.25, 0.3) is 0 Å². The maximum Gasteiger partial charge on any atom is 0.118 e. The second kappa shape index (κ2) is 6.44. The molecule has 2 heterocycles. The third kappa shape index (κ3) is 3.01. The fourth-order valence-corrected chi connectivity index (χ4v) is 2.33. The summed E-state index contributed by atoms with van der Waals surface area (Å²) in [6.07, 6.45) is 5.53. The average molecular weight is 297 g/mol. The van der Waals surface area contributed by atoms with Crippen LogP contribution in [-0.2, 0) is 20.1 Å².